The summed E-state index contributed by atoms with van der Waals surface area (Å²) in [6.07, 6.45) is 0.325. The van der Waals surface area contributed by atoms with Gasteiger partial charge < -0.3 is 15.2 Å². The number of carbonyl (C=O) groups is 1. The van der Waals surface area contributed by atoms with Gasteiger partial charge in [0.05, 0.1) is 0 Å². The van der Waals surface area contributed by atoms with Gasteiger partial charge in [0.2, 0.25) is 10.0 Å². The van der Waals surface area contributed by atoms with Crippen LogP contribution in [-0.2, 0) is 10.0 Å². The Bertz CT molecular complexity index is 619. The maximum absolute atomic E-state index is 12.8. The molecule has 1 aromatic heterocycles. The molecule has 0 amide bonds. The first kappa shape index (κ1) is 17.7. The van der Waals surface area contributed by atoms with Crippen molar-refractivity contribution in [3.63, 3.8) is 0 Å². The first-order chi connectivity index (χ1) is 9.64. The second kappa shape index (κ2) is 6.59. The summed E-state index contributed by atoms with van der Waals surface area (Å²) in [5.41, 5.74) is 0.395. The average molecular weight is 318 g/mol. The fourth-order valence-corrected chi connectivity index (χ4v) is 4.42. The Morgan fingerprint density at radius 2 is 1.90 bits per heavy atom. The summed E-state index contributed by atoms with van der Waals surface area (Å²) in [6.45, 7) is 6.57. The lowest BCUT2D eigenvalue weighted by atomic mass is 10.2. The van der Waals surface area contributed by atoms with E-state index in [1.165, 1.54) is 18.2 Å². The van der Waals surface area contributed by atoms with Crippen LogP contribution in [0.3, 0.4) is 0 Å². The molecule has 0 saturated heterocycles. The molecule has 0 aliphatic heterocycles. The molecule has 0 saturated carbocycles. The highest BCUT2D eigenvalue weighted by molar-refractivity contribution is 7.89. The number of aromatic amines is 1. The number of sulfonamides is 1. The van der Waals surface area contributed by atoms with Gasteiger partial charge in [-0.3, -0.25) is 0 Å². The second-order valence-corrected chi connectivity index (χ2v) is 7.00. The number of aromatic nitrogens is 1. The summed E-state index contributed by atoms with van der Waals surface area (Å²) in [4.78, 5) is 13.7. The zero-order valence-corrected chi connectivity index (χ0v) is 13.5. The first-order valence-corrected chi connectivity index (χ1v) is 8.13. The Hall–Kier alpha value is -1.38. The first-order valence-electron chi connectivity index (χ1n) is 6.69. The van der Waals surface area contributed by atoms with E-state index in [0.717, 1.165) is 0 Å². The molecule has 7 nitrogen and oxygen atoms in total. The van der Waals surface area contributed by atoms with Gasteiger partial charge in [-0.05, 0) is 34.1 Å². The fourth-order valence-electron chi connectivity index (χ4n) is 2.33. The smallest absolute Gasteiger partial charge is 0.352 e. The van der Waals surface area contributed by atoms with Crippen LogP contribution >= 0.6 is 0 Å². The Balaban J connectivity index is 3.38. The molecule has 3 N–H and O–H groups in total. The summed E-state index contributed by atoms with van der Waals surface area (Å²) in [5, 5.41) is 18.0. The summed E-state index contributed by atoms with van der Waals surface area (Å²) in [6, 6.07) is -0.288. The quantitative estimate of drug-likeness (QED) is 0.697. The number of hydrogen-bond acceptors (Lipinski definition) is 4. The largest absolute Gasteiger partial charge is 0.477 e. The van der Waals surface area contributed by atoms with Crippen LogP contribution in [0.25, 0.3) is 0 Å². The lowest BCUT2D eigenvalue weighted by Gasteiger charge is -2.26. The highest BCUT2D eigenvalue weighted by atomic mass is 32.2. The Kier molecular flexibility index (Phi) is 5.54. The maximum atomic E-state index is 12.8. The number of carboxylic acids is 1. The predicted molar refractivity (Wildman–Crippen MR) is 78.0 cm³/mol. The van der Waals surface area contributed by atoms with E-state index in [2.05, 4.69) is 4.98 Å². The number of aryl methyl sites for hydroxylation is 1. The Morgan fingerprint density at radius 1 is 1.33 bits per heavy atom. The standard InChI is InChI=1S/C13H22N2O5S/c1-8(2)15(6-5-7-16)21(19,20)12-9(3)11(13(17)18)14-10(12)4/h8,14,16H,5-7H2,1-4H3,(H,17,18). The minimum atomic E-state index is -3.82. The van der Waals surface area contributed by atoms with Crippen molar-refractivity contribution in [2.45, 2.75) is 45.1 Å². The number of H-pyrrole nitrogens is 1. The third-order valence-electron chi connectivity index (χ3n) is 3.26. The minimum Gasteiger partial charge on any atom is -0.477 e. The van der Waals surface area contributed by atoms with Crippen LogP contribution in [0.4, 0.5) is 0 Å². The van der Waals surface area contributed by atoms with E-state index in [-0.39, 0.29) is 35.3 Å². The normalized spacial score (nSPS) is 12.3. The number of nitrogens with zero attached hydrogens (tertiary/aromatic N) is 1. The van der Waals surface area contributed by atoms with Crippen molar-refractivity contribution in [2.75, 3.05) is 13.2 Å². The molecule has 1 heterocycles. The van der Waals surface area contributed by atoms with Crippen molar-refractivity contribution >= 4 is 16.0 Å². The van der Waals surface area contributed by atoms with Crippen LogP contribution in [0.1, 0.15) is 42.0 Å². The lowest BCUT2D eigenvalue weighted by molar-refractivity contribution is 0.0690. The molecule has 0 aromatic carbocycles. The van der Waals surface area contributed by atoms with Crippen LogP contribution in [0.2, 0.25) is 0 Å². The van der Waals surface area contributed by atoms with E-state index in [1.807, 2.05) is 0 Å². The van der Waals surface area contributed by atoms with E-state index >= 15 is 0 Å². The van der Waals surface area contributed by atoms with Crippen molar-refractivity contribution in [3.05, 3.63) is 17.0 Å². The van der Waals surface area contributed by atoms with E-state index in [9.17, 15) is 13.2 Å². The molecule has 120 valence electrons. The van der Waals surface area contributed by atoms with Crippen LogP contribution in [-0.4, -0.2) is 53.1 Å². The van der Waals surface area contributed by atoms with Crippen molar-refractivity contribution in [1.29, 1.82) is 0 Å². The van der Waals surface area contributed by atoms with Gasteiger partial charge in [-0.2, -0.15) is 4.31 Å². The van der Waals surface area contributed by atoms with Gasteiger partial charge in [-0.15, -0.1) is 0 Å². The van der Waals surface area contributed by atoms with E-state index in [1.54, 1.807) is 13.8 Å². The van der Waals surface area contributed by atoms with Gasteiger partial charge in [-0.1, -0.05) is 0 Å². The number of aliphatic hydroxyl groups is 1. The molecule has 0 unspecified atom stereocenters. The number of aliphatic hydroxyl groups excluding tert-OH is 1. The van der Waals surface area contributed by atoms with Gasteiger partial charge >= 0.3 is 5.97 Å². The van der Waals surface area contributed by atoms with E-state index in [0.29, 0.717) is 12.1 Å². The molecule has 0 aliphatic rings. The SMILES string of the molecule is Cc1[nH]c(C(=O)O)c(C)c1S(=O)(=O)N(CCCO)C(C)C. The van der Waals surface area contributed by atoms with Crippen molar-refractivity contribution < 1.29 is 23.4 Å². The monoisotopic (exact) mass is 318 g/mol. The van der Waals surface area contributed by atoms with Crippen LogP contribution < -0.4 is 0 Å². The van der Waals surface area contributed by atoms with Gasteiger partial charge in [0.15, 0.2) is 0 Å². The number of rotatable bonds is 7. The average Bonchev–Trinajstić information content (AvgIpc) is 2.65. The van der Waals surface area contributed by atoms with Crippen LogP contribution in [0, 0.1) is 13.8 Å². The van der Waals surface area contributed by atoms with Gasteiger partial charge in [-0.25, -0.2) is 13.2 Å². The Labute approximate surface area is 124 Å². The highest BCUT2D eigenvalue weighted by Gasteiger charge is 2.32. The molecule has 0 atom stereocenters. The summed E-state index contributed by atoms with van der Waals surface area (Å²) in [5.74, 6) is -1.19. The molecule has 8 heteroatoms. The summed E-state index contributed by atoms with van der Waals surface area (Å²) in [7, 11) is -3.82. The zero-order chi connectivity index (χ0) is 16.4. The lowest BCUT2D eigenvalue weighted by Crippen LogP contribution is -2.38. The van der Waals surface area contributed by atoms with Crippen LogP contribution in [0.15, 0.2) is 4.90 Å². The molecule has 1 aromatic rings. The summed E-state index contributed by atoms with van der Waals surface area (Å²) >= 11 is 0. The maximum Gasteiger partial charge on any atom is 0.352 e. The molecule has 0 aliphatic carbocycles. The van der Waals surface area contributed by atoms with Crippen molar-refractivity contribution in [3.8, 4) is 0 Å². The molecule has 1 rings (SSSR count). The Morgan fingerprint density at radius 3 is 2.29 bits per heavy atom. The summed E-state index contributed by atoms with van der Waals surface area (Å²) < 4.78 is 26.9. The molecule has 0 radical (unpaired) electrons. The van der Waals surface area contributed by atoms with Gasteiger partial charge in [0.25, 0.3) is 0 Å². The number of aromatic carboxylic acids is 1. The fraction of sp³-hybridized carbons (Fsp3) is 0.615. The zero-order valence-electron chi connectivity index (χ0n) is 12.7. The minimum absolute atomic E-state index is 0.00606. The topological polar surface area (TPSA) is 111 Å². The molecule has 0 bridgehead atoms. The third kappa shape index (κ3) is 3.45. The molecule has 0 spiro atoms. The van der Waals surface area contributed by atoms with Crippen LogP contribution in [0.5, 0.6) is 0 Å². The third-order valence-corrected chi connectivity index (χ3v) is 5.61. The molecule has 0 fully saturated rings. The van der Waals surface area contributed by atoms with Gasteiger partial charge in [0, 0.05) is 30.5 Å². The number of carboxylic acid groups (broad SMARTS) is 1. The molecular formula is C13H22N2O5S. The molecular weight excluding hydrogens is 296 g/mol. The highest BCUT2D eigenvalue weighted by Crippen LogP contribution is 2.27. The van der Waals surface area contributed by atoms with E-state index in [4.69, 9.17) is 10.2 Å². The van der Waals surface area contributed by atoms with E-state index < -0.39 is 16.0 Å². The van der Waals surface area contributed by atoms with Crippen molar-refractivity contribution in [2.24, 2.45) is 0 Å². The molecule has 21 heavy (non-hydrogen) atoms. The van der Waals surface area contributed by atoms with Crippen molar-refractivity contribution in [1.82, 2.24) is 9.29 Å². The second-order valence-electron chi connectivity index (χ2n) is 5.17. The van der Waals surface area contributed by atoms with Gasteiger partial charge in [0.1, 0.15) is 10.6 Å². The number of nitrogens with one attached hydrogen (secondary N) is 1. The number of hydrogen-bond donors (Lipinski definition) is 3. The predicted octanol–water partition coefficient (Wildman–Crippen LogP) is 1.11.